The van der Waals surface area contributed by atoms with Gasteiger partial charge in [0.25, 0.3) is 0 Å². The first kappa shape index (κ1) is 18.7. The van der Waals surface area contributed by atoms with Crippen LogP contribution in [-0.4, -0.2) is 33.8 Å². The Bertz CT molecular complexity index is 1390. The number of carbonyl (C=O) groups is 1. The van der Waals surface area contributed by atoms with Gasteiger partial charge in [0, 0.05) is 11.9 Å². The number of esters is 1. The van der Waals surface area contributed by atoms with Crippen LogP contribution in [0.5, 0.6) is 5.75 Å². The van der Waals surface area contributed by atoms with E-state index < -0.39 is 11.8 Å². The molecule has 3 heterocycles. The third kappa shape index (κ3) is 2.83. The van der Waals surface area contributed by atoms with E-state index in [0.717, 1.165) is 41.8 Å². The van der Waals surface area contributed by atoms with Crippen LogP contribution in [0.4, 0.5) is 4.39 Å². The van der Waals surface area contributed by atoms with E-state index in [4.69, 9.17) is 26.1 Å². The highest BCUT2D eigenvalue weighted by Gasteiger charge is 2.29. The van der Waals surface area contributed by atoms with Gasteiger partial charge < -0.3 is 18.6 Å². The molecule has 31 heavy (non-hydrogen) atoms. The second kappa shape index (κ2) is 6.72. The molecule has 0 spiro atoms. The van der Waals surface area contributed by atoms with Gasteiger partial charge in [0.1, 0.15) is 28.7 Å². The summed E-state index contributed by atoms with van der Waals surface area (Å²) >= 11 is 6.40. The van der Waals surface area contributed by atoms with Crippen molar-refractivity contribution in [1.82, 2.24) is 14.1 Å². The molecule has 0 atom stereocenters. The minimum atomic E-state index is -0.437. The van der Waals surface area contributed by atoms with Crippen molar-refractivity contribution in [2.24, 2.45) is 5.92 Å². The standard InChI is InChI=1S/C23H19ClFN3O3/c1-30-23(29)14-8-16-21-18(10-14)31-7-6-27(21)22(26-16)17-9-13-4-5-15(25)19(24)20(13)28(17)11-12-2-3-12/h4-5,8-10,12H,2-3,6-7,11H2,1H3. The molecule has 0 amide bonds. The number of ether oxygens (including phenoxy) is 2. The fraction of sp³-hybridized carbons (Fsp3) is 0.304. The van der Waals surface area contributed by atoms with Gasteiger partial charge in [0.15, 0.2) is 5.82 Å². The van der Waals surface area contributed by atoms with Crippen LogP contribution in [0.3, 0.4) is 0 Å². The number of methoxy groups -OCH3 is 1. The van der Waals surface area contributed by atoms with Crippen molar-refractivity contribution < 1.29 is 18.7 Å². The van der Waals surface area contributed by atoms with Crippen LogP contribution in [0, 0.1) is 11.7 Å². The lowest BCUT2D eigenvalue weighted by Gasteiger charge is -2.19. The van der Waals surface area contributed by atoms with Crippen molar-refractivity contribution in [3.8, 4) is 17.3 Å². The molecule has 1 aliphatic carbocycles. The lowest BCUT2D eigenvalue weighted by Crippen LogP contribution is -2.16. The smallest absolute Gasteiger partial charge is 0.338 e. The molecule has 1 aliphatic heterocycles. The highest BCUT2D eigenvalue weighted by molar-refractivity contribution is 6.35. The second-order valence-corrected chi connectivity index (χ2v) is 8.53. The first-order chi connectivity index (χ1) is 15.0. The predicted molar refractivity (Wildman–Crippen MR) is 115 cm³/mol. The van der Waals surface area contributed by atoms with Gasteiger partial charge in [0.2, 0.25) is 0 Å². The van der Waals surface area contributed by atoms with Crippen LogP contribution < -0.4 is 4.74 Å². The second-order valence-electron chi connectivity index (χ2n) is 8.15. The maximum absolute atomic E-state index is 14.3. The van der Waals surface area contributed by atoms with Gasteiger partial charge in [0.05, 0.1) is 35.9 Å². The maximum atomic E-state index is 14.3. The Labute approximate surface area is 182 Å². The van der Waals surface area contributed by atoms with Crippen molar-refractivity contribution in [2.75, 3.05) is 13.7 Å². The van der Waals surface area contributed by atoms with E-state index in [1.807, 2.05) is 6.07 Å². The lowest BCUT2D eigenvalue weighted by molar-refractivity contribution is 0.0600. The minimum absolute atomic E-state index is 0.135. The minimum Gasteiger partial charge on any atom is -0.489 e. The van der Waals surface area contributed by atoms with Crippen LogP contribution in [0.2, 0.25) is 5.02 Å². The number of aromatic nitrogens is 3. The summed E-state index contributed by atoms with van der Waals surface area (Å²) in [6, 6.07) is 8.59. The summed E-state index contributed by atoms with van der Waals surface area (Å²) in [7, 11) is 1.35. The summed E-state index contributed by atoms with van der Waals surface area (Å²) in [6.45, 7) is 1.86. The summed E-state index contributed by atoms with van der Waals surface area (Å²) in [4.78, 5) is 17.0. The van der Waals surface area contributed by atoms with E-state index in [-0.39, 0.29) is 5.02 Å². The quantitative estimate of drug-likeness (QED) is 0.418. The number of benzene rings is 2. The van der Waals surface area contributed by atoms with Crippen molar-refractivity contribution in [3.63, 3.8) is 0 Å². The number of hydrogen-bond donors (Lipinski definition) is 0. The molecule has 1 saturated carbocycles. The predicted octanol–water partition coefficient (Wildman–Crippen LogP) is 5.04. The highest BCUT2D eigenvalue weighted by atomic mass is 35.5. The van der Waals surface area contributed by atoms with E-state index in [2.05, 4.69) is 9.13 Å². The van der Waals surface area contributed by atoms with Crippen molar-refractivity contribution >= 4 is 39.5 Å². The van der Waals surface area contributed by atoms with Crippen molar-refractivity contribution in [3.05, 3.63) is 46.7 Å². The Morgan fingerprint density at radius 3 is 2.90 bits per heavy atom. The third-order valence-electron chi connectivity index (χ3n) is 6.12. The summed E-state index contributed by atoms with van der Waals surface area (Å²) in [5, 5.41) is 1.01. The first-order valence-corrected chi connectivity index (χ1v) is 10.7. The number of hydrogen-bond acceptors (Lipinski definition) is 4. The molecule has 4 aromatic rings. The SMILES string of the molecule is COC(=O)c1cc2c3c(c1)nc(-c1cc4ccc(F)c(Cl)c4n1CC1CC1)n3CCO2. The number of imidazole rings is 1. The van der Waals surface area contributed by atoms with Gasteiger partial charge in [-0.05, 0) is 49.1 Å². The average molecular weight is 440 g/mol. The van der Waals surface area contributed by atoms with E-state index >= 15 is 0 Å². The van der Waals surface area contributed by atoms with Crippen LogP contribution in [0.15, 0.2) is 30.3 Å². The van der Waals surface area contributed by atoms with Crippen molar-refractivity contribution in [2.45, 2.75) is 25.9 Å². The maximum Gasteiger partial charge on any atom is 0.338 e. The number of nitrogens with zero attached hydrogens (tertiary/aromatic N) is 3. The molecule has 0 bridgehead atoms. The topological polar surface area (TPSA) is 58.3 Å². The molecule has 0 N–H and O–H groups in total. The van der Waals surface area contributed by atoms with E-state index in [1.165, 1.54) is 13.2 Å². The zero-order valence-electron chi connectivity index (χ0n) is 16.8. The third-order valence-corrected chi connectivity index (χ3v) is 6.48. The zero-order valence-corrected chi connectivity index (χ0v) is 17.6. The molecular weight excluding hydrogens is 421 g/mol. The van der Waals surface area contributed by atoms with Gasteiger partial charge in [-0.15, -0.1) is 0 Å². The Morgan fingerprint density at radius 1 is 1.29 bits per heavy atom. The van der Waals surface area contributed by atoms with Crippen molar-refractivity contribution in [1.29, 1.82) is 0 Å². The molecule has 0 radical (unpaired) electrons. The largest absolute Gasteiger partial charge is 0.489 e. The molecule has 8 heteroatoms. The summed E-state index contributed by atoms with van der Waals surface area (Å²) in [5.74, 6) is 1.06. The van der Waals surface area contributed by atoms with E-state index in [9.17, 15) is 9.18 Å². The zero-order chi connectivity index (χ0) is 21.3. The van der Waals surface area contributed by atoms with E-state index in [1.54, 1.807) is 18.2 Å². The molecule has 0 saturated heterocycles. The summed E-state index contributed by atoms with van der Waals surface area (Å²) in [6.07, 6.45) is 2.31. The van der Waals surface area contributed by atoms with Crippen LogP contribution in [0.1, 0.15) is 23.2 Å². The molecule has 1 fully saturated rings. The van der Waals surface area contributed by atoms with Gasteiger partial charge in [-0.3, -0.25) is 0 Å². The van der Waals surface area contributed by atoms with Crippen LogP contribution >= 0.6 is 11.6 Å². The fourth-order valence-corrected chi connectivity index (χ4v) is 4.73. The molecule has 158 valence electrons. The number of rotatable bonds is 4. The monoisotopic (exact) mass is 439 g/mol. The van der Waals surface area contributed by atoms with E-state index in [0.29, 0.717) is 41.4 Å². The van der Waals surface area contributed by atoms with Crippen LogP contribution in [0.25, 0.3) is 33.5 Å². The summed E-state index contributed by atoms with van der Waals surface area (Å²) < 4.78 is 29.2. The Balaban J connectivity index is 1.63. The fourth-order valence-electron chi connectivity index (χ4n) is 4.46. The van der Waals surface area contributed by atoms with Gasteiger partial charge in [-0.25, -0.2) is 14.2 Å². The molecular formula is C23H19ClFN3O3. The molecule has 6 rings (SSSR count). The number of carbonyl (C=O) groups excluding carboxylic acids is 1. The number of fused-ring (bicyclic) bond motifs is 1. The molecule has 6 nitrogen and oxygen atoms in total. The molecule has 0 unspecified atom stereocenters. The molecule has 2 aromatic heterocycles. The molecule has 2 aromatic carbocycles. The number of halogens is 2. The molecule has 2 aliphatic rings. The lowest BCUT2D eigenvalue weighted by atomic mass is 10.1. The normalized spacial score (nSPS) is 15.5. The van der Waals surface area contributed by atoms with Crippen LogP contribution in [-0.2, 0) is 17.8 Å². The van der Waals surface area contributed by atoms with Gasteiger partial charge in [-0.2, -0.15) is 0 Å². The first-order valence-electron chi connectivity index (χ1n) is 10.3. The van der Waals surface area contributed by atoms with Gasteiger partial charge in [-0.1, -0.05) is 11.6 Å². The summed E-state index contributed by atoms with van der Waals surface area (Å²) in [5.41, 5.74) is 3.48. The Morgan fingerprint density at radius 2 is 2.13 bits per heavy atom. The highest BCUT2D eigenvalue weighted by Crippen LogP contribution is 2.41. The van der Waals surface area contributed by atoms with Gasteiger partial charge >= 0.3 is 5.97 Å². The Kier molecular flexibility index (Phi) is 4.05. The average Bonchev–Trinajstić information content (AvgIpc) is 3.42. The Hall–Kier alpha value is -3.06.